The van der Waals surface area contributed by atoms with Gasteiger partial charge < -0.3 is 0 Å². The smallest absolute Gasteiger partial charge is 0.0558 e. The molecule has 0 aromatic carbocycles. The Kier molecular flexibility index (Phi) is 2.72. The molecule has 0 saturated heterocycles. The van der Waals surface area contributed by atoms with Gasteiger partial charge in [0, 0.05) is 0 Å². The fourth-order valence-corrected chi connectivity index (χ4v) is 5.34. The molecule has 0 heterocycles. The van der Waals surface area contributed by atoms with Gasteiger partial charge in [-0.1, -0.05) is 59.5 Å². The van der Waals surface area contributed by atoms with Gasteiger partial charge in [-0.05, 0) is 10.6 Å². The van der Waals surface area contributed by atoms with Crippen molar-refractivity contribution in [3.63, 3.8) is 0 Å². The monoisotopic (exact) mass is 184 g/mol. The van der Waals surface area contributed by atoms with E-state index in [1.807, 2.05) is 0 Å². The summed E-state index contributed by atoms with van der Waals surface area (Å²) in [5.74, 6) is 0. The van der Waals surface area contributed by atoms with E-state index in [1.165, 1.54) is 25.7 Å². The summed E-state index contributed by atoms with van der Waals surface area (Å²) in [4.78, 5) is 0. The molecule has 0 N–H and O–H groups in total. The lowest BCUT2D eigenvalue weighted by Crippen LogP contribution is -2.41. The second-order valence-corrected chi connectivity index (χ2v) is 11.7. The molecule has 0 bridgehead atoms. The molecular weight excluding hydrogens is 160 g/mol. The second-order valence-electron chi connectivity index (χ2n) is 5.95. The first-order valence-corrected chi connectivity index (χ1v) is 8.43. The van der Waals surface area contributed by atoms with Gasteiger partial charge >= 0.3 is 0 Å². The van der Waals surface area contributed by atoms with E-state index < -0.39 is 8.07 Å². The molecule has 1 fully saturated rings. The zero-order valence-electron chi connectivity index (χ0n) is 9.41. The molecule has 1 aliphatic rings. The second kappa shape index (κ2) is 3.17. The summed E-state index contributed by atoms with van der Waals surface area (Å²) < 4.78 is 0. The lowest BCUT2D eigenvalue weighted by atomic mass is 10.2. The summed E-state index contributed by atoms with van der Waals surface area (Å²) in [6.07, 6.45) is 6.04. The van der Waals surface area contributed by atoms with Gasteiger partial charge in [-0.15, -0.1) is 0 Å². The van der Waals surface area contributed by atoms with E-state index in [2.05, 4.69) is 33.9 Å². The van der Waals surface area contributed by atoms with Crippen LogP contribution < -0.4 is 0 Å². The molecular formula is C11H24Si. The van der Waals surface area contributed by atoms with Crippen molar-refractivity contribution in [1.82, 2.24) is 0 Å². The third kappa shape index (κ3) is 1.76. The van der Waals surface area contributed by atoms with Crippen LogP contribution in [-0.2, 0) is 0 Å². The molecule has 0 spiro atoms. The third-order valence-corrected chi connectivity index (χ3v) is 10.8. The largest absolute Gasteiger partial charge is 0.0688 e. The molecule has 1 aliphatic carbocycles. The fraction of sp³-hybridized carbons (Fsp3) is 1.00. The SMILES string of the molecule is CC(C)(C)[Si](C)(C)C1CCCC1. The van der Waals surface area contributed by atoms with Gasteiger partial charge in [0.15, 0.2) is 0 Å². The van der Waals surface area contributed by atoms with Crippen molar-refractivity contribution in [3.05, 3.63) is 0 Å². The van der Waals surface area contributed by atoms with E-state index >= 15 is 0 Å². The van der Waals surface area contributed by atoms with E-state index in [9.17, 15) is 0 Å². The van der Waals surface area contributed by atoms with Crippen molar-refractivity contribution in [2.75, 3.05) is 0 Å². The molecule has 0 unspecified atom stereocenters. The summed E-state index contributed by atoms with van der Waals surface area (Å²) in [5.41, 5.74) is 1.11. The highest BCUT2D eigenvalue weighted by Gasteiger charge is 2.42. The van der Waals surface area contributed by atoms with Crippen LogP contribution in [0.3, 0.4) is 0 Å². The minimum Gasteiger partial charge on any atom is -0.0688 e. The van der Waals surface area contributed by atoms with Crippen molar-refractivity contribution in [3.8, 4) is 0 Å². The summed E-state index contributed by atoms with van der Waals surface area (Å²) in [5, 5.41) is 0.599. The molecule has 1 rings (SSSR count). The van der Waals surface area contributed by atoms with E-state index in [4.69, 9.17) is 0 Å². The quantitative estimate of drug-likeness (QED) is 0.529. The Hall–Kier alpha value is 0.217. The number of rotatable bonds is 1. The zero-order chi connectivity index (χ0) is 9.41. The van der Waals surface area contributed by atoms with Crippen LogP contribution >= 0.6 is 0 Å². The van der Waals surface area contributed by atoms with Gasteiger partial charge in [-0.2, -0.15) is 0 Å². The maximum atomic E-state index is 2.59. The molecule has 0 atom stereocenters. The van der Waals surface area contributed by atoms with Crippen molar-refractivity contribution in [1.29, 1.82) is 0 Å². The first-order chi connectivity index (χ1) is 5.36. The van der Waals surface area contributed by atoms with Crippen molar-refractivity contribution < 1.29 is 0 Å². The predicted molar refractivity (Wildman–Crippen MR) is 59.4 cm³/mol. The molecule has 0 aromatic heterocycles. The maximum absolute atomic E-state index is 2.59. The van der Waals surface area contributed by atoms with Crippen molar-refractivity contribution in [2.45, 2.75) is 70.1 Å². The van der Waals surface area contributed by atoms with Gasteiger partial charge in [-0.3, -0.25) is 0 Å². The molecule has 72 valence electrons. The molecule has 0 radical (unpaired) electrons. The highest BCUT2D eigenvalue weighted by atomic mass is 28.3. The molecule has 0 aliphatic heterocycles. The average molecular weight is 184 g/mol. The third-order valence-electron chi connectivity index (χ3n) is 4.31. The maximum Gasteiger partial charge on any atom is 0.0558 e. The minimum atomic E-state index is -0.972. The first kappa shape index (κ1) is 10.3. The topological polar surface area (TPSA) is 0 Å². The highest BCUT2D eigenvalue weighted by molar-refractivity contribution is 6.81. The number of hydrogen-bond donors (Lipinski definition) is 0. The van der Waals surface area contributed by atoms with E-state index in [1.54, 1.807) is 0 Å². The standard InChI is InChI=1S/C11H24Si/c1-11(2,3)12(4,5)10-8-6-7-9-10/h10H,6-9H2,1-5H3. The Bertz CT molecular complexity index is 147. The summed E-state index contributed by atoms with van der Waals surface area (Å²) in [6, 6.07) is 0. The lowest BCUT2D eigenvalue weighted by molar-refractivity contribution is 0.672. The Labute approximate surface area is 78.8 Å². The van der Waals surface area contributed by atoms with Crippen LogP contribution in [0.25, 0.3) is 0 Å². The summed E-state index contributed by atoms with van der Waals surface area (Å²) >= 11 is 0. The summed E-state index contributed by atoms with van der Waals surface area (Å²) in [6.45, 7) is 12.5. The van der Waals surface area contributed by atoms with Crippen LogP contribution in [-0.4, -0.2) is 8.07 Å². The molecule has 12 heavy (non-hydrogen) atoms. The molecule has 0 aromatic rings. The van der Waals surface area contributed by atoms with Crippen LogP contribution in [0.2, 0.25) is 23.7 Å². The highest BCUT2D eigenvalue weighted by Crippen LogP contribution is 2.49. The fourth-order valence-electron chi connectivity index (χ4n) is 2.26. The molecule has 1 saturated carbocycles. The Morgan fingerprint density at radius 3 is 1.75 bits per heavy atom. The van der Waals surface area contributed by atoms with Gasteiger partial charge in [0.05, 0.1) is 8.07 Å². The van der Waals surface area contributed by atoms with E-state index in [0.29, 0.717) is 5.04 Å². The predicted octanol–water partition coefficient (Wildman–Crippen LogP) is 4.44. The zero-order valence-corrected chi connectivity index (χ0v) is 10.4. The number of hydrogen-bond acceptors (Lipinski definition) is 0. The van der Waals surface area contributed by atoms with E-state index in [-0.39, 0.29) is 0 Å². The van der Waals surface area contributed by atoms with Gasteiger partial charge in [0.2, 0.25) is 0 Å². The Balaban J connectivity index is 2.69. The van der Waals surface area contributed by atoms with Gasteiger partial charge in [0.1, 0.15) is 0 Å². The Morgan fingerprint density at radius 1 is 1.00 bits per heavy atom. The summed E-state index contributed by atoms with van der Waals surface area (Å²) in [7, 11) is -0.972. The van der Waals surface area contributed by atoms with Crippen LogP contribution in [0.4, 0.5) is 0 Å². The molecule has 0 amide bonds. The normalized spacial score (nSPS) is 21.8. The van der Waals surface area contributed by atoms with Crippen LogP contribution in [0.5, 0.6) is 0 Å². The minimum absolute atomic E-state index is 0.599. The molecule has 1 heteroatoms. The van der Waals surface area contributed by atoms with Crippen molar-refractivity contribution in [2.24, 2.45) is 0 Å². The Morgan fingerprint density at radius 2 is 1.42 bits per heavy atom. The average Bonchev–Trinajstić information content (AvgIpc) is 2.34. The van der Waals surface area contributed by atoms with E-state index in [0.717, 1.165) is 5.54 Å². The molecule has 0 nitrogen and oxygen atoms in total. The van der Waals surface area contributed by atoms with Gasteiger partial charge in [-0.25, -0.2) is 0 Å². The van der Waals surface area contributed by atoms with Crippen LogP contribution in [0.1, 0.15) is 46.5 Å². The van der Waals surface area contributed by atoms with Crippen LogP contribution in [0.15, 0.2) is 0 Å². The first-order valence-electron chi connectivity index (χ1n) is 5.36. The van der Waals surface area contributed by atoms with Crippen molar-refractivity contribution >= 4 is 8.07 Å². The van der Waals surface area contributed by atoms with Crippen LogP contribution in [0, 0.1) is 0 Å². The lowest BCUT2D eigenvalue weighted by Gasteiger charge is -2.42. The van der Waals surface area contributed by atoms with Gasteiger partial charge in [0.25, 0.3) is 0 Å².